The van der Waals surface area contributed by atoms with Crippen LogP contribution in [0.25, 0.3) is 0 Å². The average molecular weight is 817 g/mol. The fraction of sp³-hybridized carbons (Fsp3) is 0.909. The second-order valence-corrected chi connectivity index (χ2v) is 18.9. The fourth-order valence-electron chi connectivity index (χ4n) is 11.3. The monoisotopic (exact) mass is 817 g/mol. The van der Waals surface area contributed by atoms with Gasteiger partial charge in [0.15, 0.2) is 0 Å². The number of hydrogen-bond donors (Lipinski definition) is 6. The standard InChI is InChI=1S/C44H76N6O8/c1-27-15-17-29(47-43(53)57-33-11-7-5-8-12-33)23-37(27)49-41(51)45-31-19-21-35(39(25-31)55-3)36-22-20-32(26-40(36)56-4)46-42(52)50-38-24-30(18-16-28(38)2)48-44(54)58-34-13-9-6-10-14-34/h27-40H,5-26H2,1-4H3,(H,47,53)(H,48,54)(H2,45,49,51)(H2,46,50,52). The van der Waals surface area contributed by atoms with E-state index in [2.05, 4.69) is 45.7 Å². The maximum atomic E-state index is 13.3. The normalized spacial score (nSPS) is 36.4. The van der Waals surface area contributed by atoms with Gasteiger partial charge >= 0.3 is 24.2 Å². The number of methoxy groups -OCH3 is 2. The first kappa shape index (κ1) is 44.5. The van der Waals surface area contributed by atoms with Gasteiger partial charge in [-0.3, -0.25) is 0 Å². The molecule has 6 N–H and O–H groups in total. The van der Waals surface area contributed by atoms with E-state index < -0.39 is 0 Å². The van der Waals surface area contributed by atoms with Crippen molar-refractivity contribution in [2.45, 2.75) is 216 Å². The molecule has 6 aliphatic rings. The molecule has 0 aromatic heterocycles. The lowest BCUT2D eigenvalue weighted by atomic mass is 9.68. The molecule has 0 radical (unpaired) electrons. The predicted molar refractivity (Wildman–Crippen MR) is 221 cm³/mol. The molecule has 6 amide bonds. The maximum Gasteiger partial charge on any atom is 0.407 e. The minimum absolute atomic E-state index is 0.00157. The quantitative estimate of drug-likeness (QED) is 0.127. The first-order valence-corrected chi connectivity index (χ1v) is 23.2. The van der Waals surface area contributed by atoms with Gasteiger partial charge in [-0.2, -0.15) is 0 Å². The van der Waals surface area contributed by atoms with Crippen LogP contribution in [-0.2, 0) is 18.9 Å². The first-order chi connectivity index (χ1) is 28.1. The Hall–Kier alpha value is -3.00. The molecule has 6 fully saturated rings. The number of hydrogen-bond acceptors (Lipinski definition) is 8. The summed E-state index contributed by atoms with van der Waals surface area (Å²) < 4.78 is 23.6. The zero-order chi connectivity index (χ0) is 41.0. The van der Waals surface area contributed by atoms with Gasteiger partial charge in [0.25, 0.3) is 0 Å². The third kappa shape index (κ3) is 13.0. The minimum atomic E-state index is -0.328. The van der Waals surface area contributed by atoms with Gasteiger partial charge in [0.05, 0.1) is 12.2 Å². The van der Waals surface area contributed by atoms with Crippen LogP contribution in [0.2, 0.25) is 0 Å². The molecular weight excluding hydrogens is 741 g/mol. The van der Waals surface area contributed by atoms with Crippen LogP contribution in [0.5, 0.6) is 0 Å². The Bertz CT molecular complexity index is 1230. The van der Waals surface area contributed by atoms with E-state index in [1.807, 2.05) is 0 Å². The summed E-state index contributed by atoms with van der Waals surface area (Å²) in [5, 5.41) is 19.1. The summed E-state index contributed by atoms with van der Waals surface area (Å²) in [6.07, 6.45) is 20.1. The van der Waals surface area contributed by atoms with E-state index in [9.17, 15) is 19.2 Å². The van der Waals surface area contributed by atoms with Crippen LogP contribution >= 0.6 is 0 Å². The molecule has 6 aliphatic carbocycles. The Morgan fingerprint density at radius 2 is 0.776 bits per heavy atom. The van der Waals surface area contributed by atoms with Crippen molar-refractivity contribution in [3.63, 3.8) is 0 Å². The van der Waals surface area contributed by atoms with Gasteiger partial charge in [-0.05, 0) is 152 Å². The van der Waals surface area contributed by atoms with Gasteiger partial charge < -0.3 is 50.8 Å². The van der Waals surface area contributed by atoms with Crippen LogP contribution in [0.4, 0.5) is 19.2 Å². The molecule has 12 atom stereocenters. The van der Waals surface area contributed by atoms with Crippen LogP contribution in [-0.4, -0.2) is 99.1 Å². The molecule has 0 aliphatic heterocycles. The summed E-state index contributed by atoms with van der Waals surface area (Å²) in [5.74, 6) is 1.22. The largest absolute Gasteiger partial charge is 0.446 e. The molecule has 0 aromatic rings. The first-order valence-electron chi connectivity index (χ1n) is 23.2. The average Bonchev–Trinajstić information content (AvgIpc) is 3.21. The highest BCUT2D eigenvalue weighted by atomic mass is 16.6. The molecule has 0 saturated heterocycles. The summed E-state index contributed by atoms with van der Waals surface area (Å²) in [4.78, 5) is 51.9. The summed E-state index contributed by atoms with van der Waals surface area (Å²) in [6.45, 7) is 4.33. The van der Waals surface area contributed by atoms with Crippen LogP contribution in [0.1, 0.15) is 155 Å². The minimum Gasteiger partial charge on any atom is -0.446 e. The smallest absolute Gasteiger partial charge is 0.407 e. The van der Waals surface area contributed by atoms with E-state index in [0.717, 1.165) is 116 Å². The Morgan fingerprint density at radius 3 is 1.16 bits per heavy atom. The fourth-order valence-corrected chi connectivity index (χ4v) is 11.3. The van der Waals surface area contributed by atoms with Crippen molar-refractivity contribution < 1.29 is 38.1 Å². The van der Waals surface area contributed by atoms with E-state index in [-0.39, 0.29) is 84.9 Å². The number of carbonyl (C=O) groups excluding carboxylic acids is 4. The SMILES string of the molecule is COC1CC(NC(=O)NC2CC(NC(=O)OC3CCCCC3)CCC2C)CCC1C1CCC(NC(=O)NC2CC(NC(=O)OC3CCCCC3)CCC2C)CC1OC. The summed E-state index contributed by atoms with van der Waals surface area (Å²) >= 11 is 0. The molecule has 0 bridgehead atoms. The number of carbonyl (C=O) groups is 4. The Kier molecular flexibility index (Phi) is 16.9. The van der Waals surface area contributed by atoms with Crippen LogP contribution in [0, 0.1) is 23.7 Å². The van der Waals surface area contributed by atoms with Crippen LogP contribution in [0.15, 0.2) is 0 Å². The van der Waals surface area contributed by atoms with Crippen molar-refractivity contribution in [1.29, 1.82) is 0 Å². The van der Waals surface area contributed by atoms with Crippen molar-refractivity contribution in [3.05, 3.63) is 0 Å². The third-order valence-corrected chi connectivity index (χ3v) is 14.8. The summed E-state index contributed by atoms with van der Waals surface area (Å²) in [6, 6.07) is -0.406. The molecular formula is C44H76N6O8. The van der Waals surface area contributed by atoms with Crippen molar-refractivity contribution in [2.24, 2.45) is 23.7 Å². The van der Waals surface area contributed by atoms with Crippen molar-refractivity contribution >= 4 is 24.2 Å². The Balaban J connectivity index is 0.908. The molecule has 14 nitrogen and oxygen atoms in total. The van der Waals surface area contributed by atoms with E-state index in [1.54, 1.807) is 14.2 Å². The van der Waals surface area contributed by atoms with Crippen molar-refractivity contribution in [3.8, 4) is 0 Å². The van der Waals surface area contributed by atoms with E-state index in [4.69, 9.17) is 18.9 Å². The zero-order valence-corrected chi connectivity index (χ0v) is 35.9. The number of nitrogens with one attached hydrogen (secondary N) is 6. The summed E-state index contributed by atoms with van der Waals surface area (Å²) in [7, 11) is 3.53. The van der Waals surface area contributed by atoms with Gasteiger partial charge in [0.1, 0.15) is 12.2 Å². The molecule has 14 heteroatoms. The highest BCUT2D eigenvalue weighted by molar-refractivity contribution is 5.75. The number of ether oxygens (including phenoxy) is 4. The zero-order valence-electron chi connectivity index (χ0n) is 35.9. The molecule has 58 heavy (non-hydrogen) atoms. The van der Waals surface area contributed by atoms with Gasteiger partial charge in [0, 0.05) is 50.5 Å². The second kappa shape index (κ2) is 22.0. The number of urea groups is 2. The molecule has 0 heterocycles. The van der Waals surface area contributed by atoms with E-state index >= 15 is 0 Å². The molecule has 330 valence electrons. The number of alkyl carbamates (subject to hydrolysis) is 2. The van der Waals surface area contributed by atoms with Crippen LogP contribution in [0.3, 0.4) is 0 Å². The van der Waals surface area contributed by atoms with Gasteiger partial charge in [0.2, 0.25) is 0 Å². The van der Waals surface area contributed by atoms with Crippen molar-refractivity contribution in [1.82, 2.24) is 31.9 Å². The van der Waals surface area contributed by atoms with E-state index in [1.165, 1.54) is 12.8 Å². The lowest BCUT2D eigenvalue weighted by Gasteiger charge is -2.45. The highest BCUT2D eigenvalue weighted by Gasteiger charge is 2.43. The van der Waals surface area contributed by atoms with Gasteiger partial charge in [-0.25, -0.2) is 19.2 Å². The molecule has 0 spiro atoms. The Labute approximate surface area is 347 Å². The number of rotatable bonds is 11. The topological polar surface area (TPSA) is 177 Å². The van der Waals surface area contributed by atoms with Gasteiger partial charge in [-0.15, -0.1) is 0 Å². The van der Waals surface area contributed by atoms with Crippen molar-refractivity contribution in [2.75, 3.05) is 14.2 Å². The molecule has 6 saturated carbocycles. The predicted octanol–water partition coefficient (Wildman–Crippen LogP) is 7.18. The van der Waals surface area contributed by atoms with Crippen LogP contribution < -0.4 is 31.9 Å². The molecule has 12 unspecified atom stereocenters. The second-order valence-electron chi connectivity index (χ2n) is 18.9. The molecule has 0 aromatic carbocycles. The number of amides is 6. The molecule has 6 rings (SSSR count). The van der Waals surface area contributed by atoms with Gasteiger partial charge in [-0.1, -0.05) is 26.7 Å². The lowest BCUT2D eigenvalue weighted by Crippen LogP contribution is -2.56. The van der Waals surface area contributed by atoms with E-state index in [0.29, 0.717) is 36.5 Å². The lowest BCUT2D eigenvalue weighted by molar-refractivity contribution is -0.0719. The Morgan fingerprint density at radius 1 is 0.414 bits per heavy atom. The third-order valence-electron chi connectivity index (χ3n) is 14.8. The summed E-state index contributed by atoms with van der Waals surface area (Å²) in [5.41, 5.74) is 0. The maximum absolute atomic E-state index is 13.3. The highest BCUT2D eigenvalue weighted by Crippen LogP contribution is 2.41.